The number of sulfonamides is 1. The lowest BCUT2D eigenvalue weighted by atomic mass is 10.1. The SMILES string of the molecule is CN(C)C(=NCc1ccccc1)NCCc1ccc(S(N)(=O)=O)cc1. The fourth-order valence-electron chi connectivity index (χ4n) is 2.27. The van der Waals surface area contributed by atoms with Gasteiger partial charge in [0.25, 0.3) is 0 Å². The second-order valence-electron chi connectivity index (χ2n) is 5.89. The molecule has 0 bridgehead atoms. The molecule has 0 aromatic heterocycles. The van der Waals surface area contributed by atoms with Crippen molar-refractivity contribution in [3.8, 4) is 0 Å². The molecule has 2 rings (SSSR count). The molecule has 25 heavy (non-hydrogen) atoms. The van der Waals surface area contributed by atoms with Gasteiger partial charge < -0.3 is 10.2 Å². The maximum absolute atomic E-state index is 11.3. The van der Waals surface area contributed by atoms with Crippen molar-refractivity contribution in [3.63, 3.8) is 0 Å². The van der Waals surface area contributed by atoms with Crippen LogP contribution in [-0.4, -0.2) is 39.9 Å². The first-order valence-electron chi connectivity index (χ1n) is 7.97. The van der Waals surface area contributed by atoms with E-state index in [4.69, 9.17) is 5.14 Å². The summed E-state index contributed by atoms with van der Waals surface area (Å²) in [7, 11) is 0.244. The second-order valence-corrected chi connectivity index (χ2v) is 7.45. The number of guanidine groups is 1. The Bertz CT molecular complexity index is 801. The Morgan fingerprint density at radius 3 is 2.24 bits per heavy atom. The molecule has 0 spiro atoms. The first-order valence-corrected chi connectivity index (χ1v) is 9.52. The van der Waals surface area contributed by atoms with Gasteiger partial charge in [-0.1, -0.05) is 42.5 Å². The molecule has 0 aliphatic carbocycles. The lowest BCUT2D eigenvalue weighted by molar-refractivity contribution is 0.579. The van der Waals surface area contributed by atoms with Gasteiger partial charge in [-0.25, -0.2) is 18.5 Å². The van der Waals surface area contributed by atoms with E-state index in [2.05, 4.69) is 10.3 Å². The summed E-state index contributed by atoms with van der Waals surface area (Å²) in [5, 5.41) is 8.42. The van der Waals surface area contributed by atoms with E-state index < -0.39 is 10.0 Å². The number of nitrogens with two attached hydrogens (primary N) is 1. The van der Waals surface area contributed by atoms with E-state index in [-0.39, 0.29) is 4.90 Å². The zero-order valence-corrected chi connectivity index (χ0v) is 15.3. The van der Waals surface area contributed by atoms with Crippen LogP contribution in [0.3, 0.4) is 0 Å². The van der Waals surface area contributed by atoms with Gasteiger partial charge in [-0.05, 0) is 29.7 Å². The van der Waals surface area contributed by atoms with Crippen LogP contribution in [-0.2, 0) is 23.0 Å². The van der Waals surface area contributed by atoms with Crippen molar-refractivity contribution in [1.29, 1.82) is 0 Å². The van der Waals surface area contributed by atoms with E-state index >= 15 is 0 Å². The van der Waals surface area contributed by atoms with Gasteiger partial charge in [-0.3, -0.25) is 0 Å². The van der Waals surface area contributed by atoms with Gasteiger partial charge in [-0.15, -0.1) is 0 Å². The second kappa shape index (κ2) is 8.64. The molecule has 7 heteroatoms. The van der Waals surface area contributed by atoms with Crippen molar-refractivity contribution >= 4 is 16.0 Å². The number of hydrogen-bond donors (Lipinski definition) is 2. The van der Waals surface area contributed by atoms with Crippen LogP contribution >= 0.6 is 0 Å². The minimum absolute atomic E-state index is 0.127. The fourth-order valence-corrected chi connectivity index (χ4v) is 2.78. The lowest BCUT2D eigenvalue weighted by Gasteiger charge is -2.17. The third-order valence-corrected chi connectivity index (χ3v) is 4.56. The Balaban J connectivity index is 1.91. The molecule has 0 fully saturated rings. The predicted molar refractivity (Wildman–Crippen MR) is 101 cm³/mol. The first-order chi connectivity index (χ1) is 11.9. The van der Waals surface area contributed by atoms with Gasteiger partial charge in [0.15, 0.2) is 5.96 Å². The minimum atomic E-state index is -3.64. The molecule has 2 aromatic carbocycles. The normalized spacial score (nSPS) is 12.0. The van der Waals surface area contributed by atoms with Crippen LogP contribution in [0.15, 0.2) is 64.5 Å². The highest BCUT2D eigenvalue weighted by molar-refractivity contribution is 7.89. The maximum atomic E-state index is 11.3. The molecule has 0 aliphatic heterocycles. The molecule has 0 aliphatic rings. The molecule has 134 valence electrons. The quantitative estimate of drug-likeness (QED) is 0.605. The van der Waals surface area contributed by atoms with E-state index in [0.717, 1.165) is 23.5 Å². The lowest BCUT2D eigenvalue weighted by Crippen LogP contribution is -2.37. The van der Waals surface area contributed by atoms with Crippen LogP contribution < -0.4 is 10.5 Å². The molecule has 0 unspecified atom stereocenters. The number of rotatable bonds is 6. The third-order valence-electron chi connectivity index (χ3n) is 3.63. The molecular formula is C18H24N4O2S. The fraction of sp³-hybridized carbons (Fsp3) is 0.278. The predicted octanol–water partition coefficient (Wildman–Crippen LogP) is 1.58. The number of aliphatic imine (C=N–C) groups is 1. The van der Waals surface area contributed by atoms with Crippen LogP contribution in [0.4, 0.5) is 0 Å². The maximum Gasteiger partial charge on any atom is 0.238 e. The Hall–Kier alpha value is -2.38. The number of hydrogen-bond acceptors (Lipinski definition) is 3. The van der Waals surface area contributed by atoms with E-state index in [9.17, 15) is 8.42 Å². The third kappa shape index (κ3) is 6.21. The van der Waals surface area contributed by atoms with Crippen LogP contribution in [0.25, 0.3) is 0 Å². The first kappa shape index (κ1) is 19.0. The average Bonchev–Trinajstić information content (AvgIpc) is 2.58. The monoisotopic (exact) mass is 360 g/mol. The molecular weight excluding hydrogens is 336 g/mol. The zero-order valence-electron chi connectivity index (χ0n) is 14.5. The van der Waals surface area contributed by atoms with Gasteiger partial charge in [0.2, 0.25) is 10.0 Å². The summed E-state index contributed by atoms with van der Waals surface area (Å²) >= 11 is 0. The van der Waals surface area contributed by atoms with Gasteiger partial charge in [0, 0.05) is 20.6 Å². The van der Waals surface area contributed by atoms with Gasteiger partial charge >= 0.3 is 0 Å². The molecule has 6 nitrogen and oxygen atoms in total. The smallest absolute Gasteiger partial charge is 0.238 e. The van der Waals surface area contributed by atoms with Crippen LogP contribution in [0.5, 0.6) is 0 Å². The van der Waals surface area contributed by atoms with Gasteiger partial charge in [0.1, 0.15) is 0 Å². The molecule has 0 saturated carbocycles. The number of nitrogens with zero attached hydrogens (tertiary/aromatic N) is 2. The Kier molecular flexibility index (Phi) is 6.55. The largest absolute Gasteiger partial charge is 0.356 e. The number of benzene rings is 2. The average molecular weight is 360 g/mol. The molecule has 0 saturated heterocycles. The number of nitrogens with one attached hydrogen (secondary N) is 1. The summed E-state index contributed by atoms with van der Waals surface area (Å²) < 4.78 is 22.5. The van der Waals surface area contributed by atoms with Crippen LogP contribution in [0.1, 0.15) is 11.1 Å². The summed E-state index contributed by atoms with van der Waals surface area (Å²) in [5.41, 5.74) is 2.18. The van der Waals surface area contributed by atoms with E-state index in [1.807, 2.05) is 49.3 Å². The van der Waals surface area contributed by atoms with Crippen molar-refractivity contribution < 1.29 is 8.42 Å². The summed E-state index contributed by atoms with van der Waals surface area (Å²) in [6.45, 7) is 1.31. The highest BCUT2D eigenvalue weighted by Crippen LogP contribution is 2.09. The van der Waals surface area contributed by atoms with Crippen molar-refractivity contribution in [2.45, 2.75) is 17.9 Å². The van der Waals surface area contributed by atoms with E-state index in [1.165, 1.54) is 12.1 Å². The highest BCUT2D eigenvalue weighted by Gasteiger charge is 2.07. The van der Waals surface area contributed by atoms with Gasteiger partial charge in [0.05, 0.1) is 11.4 Å². The van der Waals surface area contributed by atoms with Crippen molar-refractivity contribution in [1.82, 2.24) is 10.2 Å². The van der Waals surface area contributed by atoms with Crippen LogP contribution in [0.2, 0.25) is 0 Å². The molecule has 3 N–H and O–H groups in total. The number of primary sulfonamides is 1. The van der Waals surface area contributed by atoms with E-state index in [0.29, 0.717) is 13.1 Å². The molecule has 2 aromatic rings. The summed E-state index contributed by atoms with van der Waals surface area (Å²) in [5.74, 6) is 0.810. The molecule has 0 atom stereocenters. The van der Waals surface area contributed by atoms with Crippen molar-refractivity contribution in [3.05, 3.63) is 65.7 Å². The molecule has 0 amide bonds. The summed E-state index contributed by atoms with van der Waals surface area (Å²) in [6, 6.07) is 16.7. The van der Waals surface area contributed by atoms with Crippen molar-refractivity contribution in [2.75, 3.05) is 20.6 Å². The molecule has 0 heterocycles. The Morgan fingerprint density at radius 1 is 1.04 bits per heavy atom. The van der Waals surface area contributed by atoms with Gasteiger partial charge in [-0.2, -0.15) is 0 Å². The Morgan fingerprint density at radius 2 is 1.68 bits per heavy atom. The highest BCUT2D eigenvalue weighted by atomic mass is 32.2. The minimum Gasteiger partial charge on any atom is -0.356 e. The summed E-state index contributed by atoms with van der Waals surface area (Å²) in [4.78, 5) is 6.67. The van der Waals surface area contributed by atoms with Crippen molar-refractivity contribution in [2.24, 2.45) is 10.1 Å². The standard InChI is InChI=1S/C18H24N4O2S/c1-22(2)18(21-14-16-6-4-3-5-7-16)20-13-12-15-8-10-17(11-9-15)25(19,23)24/h3-11H,12-14H2,1-2H3,(H,20,21)(H2,19,23,24). The topological polar surface area (TPSA) is 87.8 Å². The molecule has 0 radical (unpaired) electrons. The zero-order chi connectivity index (χ0) is 18.3. The van der Waals surface area contributed by atoms with Crippen LogP contribution in [0, 0.1) is 0 Å². The summed E-state index contributed by atoms with van der Waals surface area (Å²) in [6.07, 6.45) is 0.753. The van der Waals surface area contributed by atoms with E-state index in [1.54, 1.807) is 12.1 Å². The Labute approximate surface area is 149 Å².